The molecule has 0 unspecified atom stereocenters. The van der Waals surface area contributed by atoms with Crippen molar-refractivity contribution < 1.29 is 24.5 Å². The highest BCUT2D eigenvalue weighted by molar-refractivity contribution is 6.11. The summed E-state index contributed by atoms with van der Waals surface area (Å²) in [5, 5.41) is 28.4. The molecule has 0 saturated heterocycles. The first kappa shape index (κ1) is 21.9. The van der Waals surface area contributed by atoms with Gasteiger partial charge in [-0.25, -0.2) is 0 Å². The first-order valence-corrected chi connectivity index (χ1v) is 10.3. The maximum absolute atomic E-state index is 13.8. The summed E-state index contributed by atoms with van der Waals surface area (Å²) in [5.41, 5.74) is 3.50. The average Bonchev–Trinajstić information content (AvgIpc) is 3.24. The summed E-state index contributed by atoms with van der Waals surface area (Å²) in [4.78, 5) is 17.4. The molecule has 0 radical (unpaired) electrons. The molecule has 0 spiro atoms. The molecule has 0 fully saturated rings. The SMILES string of the molecule is Cc1cc(CO)c(CO)cc1C(=O)N(CCN(C)C)c1cnnc2cc3c(cc12)OCO3. The van der Waals surface area contributed by atoms with Crippen molar-refractivity contribution in [3.8, 4) is 11.5 Å². The lowest BCUT2D eigenvalue weighted by molar-refractivity contribution is 0.0984. The minimum absolute atomic E-state index is 0.137. The summed E-state index contributed by atoms with van der Waals surface area (Å²) >= 11 is 0. The molecular formula is C23H26N4O5. The van der Waals surface area contributed by atoms with Gasteiger partial charge < -0.3 is 29.5 Å². The predicted octanol–water partition coefficient (Wildman–Crippen LogP) is 1.86. The Bertz CT molecular complexity index is 1160. The van der Waals surface area contributed by atoms with Gasteiger partial charge in [-0.3, -0.25) is 4.79 Å². The third-order valence-corrected chi connectivity index (χ3v) is 5.54. The largest absolute Gasteiger partial charge is 0.454 e. The number of aliphatic hydroxyl groups excluding tert-OH is 2. The molecule has 168 valence electrons. The zero-order valence-electron chi connectivity index (χ0n) is 18.3. The number of aryl methyl sites for hydroxylation is 1. The molecule has 0 bridgehead atoms. The van der Waals surface area contributed by atoms with Crippen molar-refractivity contribution in [2.45, 2.75) is 20.1 Å². The number of amides is 1. The van der Waals surface area contributed by atoms with Crippen molar-refractivity contribution >= 4 is 22.5 Å². The summed E-state index contributed by atoms with van der Waals surface area (Å²) in [6.07, 6.45) is 1.57. The van der Waals surface area contributed by atoms with Gasteiger partial charge in [0, 0.05) is 30.1 Å². The molecule has 1 amide bonds. The van der Waals surface area contributed by atoms with Gasteiger partial charge in [-0.15, -0.1) is 0 Å². The number of carbonyl (C=O) groups is 1. The first-order valence-electron chi connectivity index (χ1n) is 10.3. The number of hydrogen-bond donors (Lipinski definition) is 2. The number of likely N-dealkylation sites (N-methyl/N-ethyl adjacent to an activating group) is 1. The Morgan fingerprint density at radius 2 is 1.72 bits per heavy atom. The maximum Gasteiger partial charge on any atom is 0.258 e. The van der Waals surface area contributed by atoms with Crippen molar-refractivity contribution in [3.05, 3.63) is 52.7 Å². The van der Waals surface area contributed by atoms with Crippen LogP contribution in [0.4, 0.5) is 5.69 Å². The first-order chi connectivity index (χ1) is 15.4. The molecule has 4 rings (SSSR count). The zero-order chi connectivity index (χ0) is 22.8. The van der Waals surface area contributed by atoms with Gasteiger partial charge in [0.1, 0.15) is 0 Å². The Morgan fingerprint density at radius 1 is 1.03 bits per heavy atom. The average molecular weight is 438 g/mol. The Balaban J connectivity index is 1.83. The highest BCUT2D eigenvalue weighted by atomic mass is 16.7. The van der Waals surface area contributed by atoms with Gasteiger partial charge in [-0.2, -0.15) is 10.2 Å². The van der Waals surface area contributed by atoms with E-state index in [9.17, 15) is 15.0 Å². The molecule has 1 aliphatic rings. The van der Waals surface area contributed by atoms with Crippen LogP contribution in [-0.4, -0.2) is 65.2 Å². The van der Waals surface area contributed by atoms with Crippen LogP contribution in [-0.2, 0) is 13.2 Å². The van der Waals surface area contributed by atoms with Crippen LogP contribution in [0.3, 0.4) is 0 Å². The molecule has 9 heteroatoms. The molecule has 1 aromatic heterocycles. The minimum Gasteiger partial charge on any atom is -0.454 e. The summed E-state index contributed by atoms with van der Waals surface area (Å²) < 4.78 is 11.0. The fourth-order valence-electron chi connectivity index (χ4n) is 3.76. The van der Waals surface area contributed by atoms with E-state index in [4.69, 9.17) is 9.47 Å². The van der Waals surface area contributed by atoms with Gasteiger partial charge in [0.25, 0.3) is 5.91 Å². The summed E-state index contributed by atoms with van der Waals surface area (Å²) in [5.74, 6) is 0.964. The quantitative estimate of drug-likeness (QED) is 0.576. The number of anilines is 1. The Labute approximate surface area is 185 Å². The second-order valence-electron chi connectivity index (χ2n) is 7.96. The standard InChI is InChI=1S/C23H26N4O5/c1-14-6-15(11-28)16(12-29)7-17(14)23(30)27(5-4-26(2)3)20-10-24-25-19-9-22-21(8-18(19)20)31-13-32-22/h6-10,28-29H,4-5,11-13H2,1-3H3. The van der Waals surface area contributed by atoms with Crippen LogP contribution in [0.15, 0.2) is 30.5 Å². The van der Waals surface area contributed by atoms with E-state index in [1.165, 1.54) is 0 Å². The van der Waals surface area contributed by atoms with Crippen molar-refractivity contribution in [3.63, 3.8) is 0 Å². The van der Waals surface area contributed by atoms with Crippen molar-refractivity contribution in [2.75, 3.05) is 38.9 Å². The number of carbonyl (C=O) groups excluding carboxylic acids is 1. The van der Waals surface area contributed by atoms with Crippen LogP contribution in [0.1, 0.15) is 27.0 Å². The van der Waals surface area contributed by atoms with E-state index in [1.54, 1.807) is 29.3 Å². The predicted molar refractivity (Wildman–Crippen MR) is 119 cm³/mol. The summed E-state index contributed by atoms with van der Waals surface area (Å²) in [6.45, 7) is 2.52. The van der Waals surface area contributed by atoms with Crippen molar-refractivity contribution in [2.24, 2.45) is 0 Å². The molecule has 0 saturated carbocycles. The number of nitrogens with zero attached hydrogens (tertiary/aromatic N) is 4. The molecule has 0 aliphatic carbocycles. The third-order valence-electron chi connectivity index (χ3n) is 5.54. The lowest BCUT2D eigenvalue weighted by Crippen LogP contribution is -2.37. The molecule has 9 nitrogen and oxygen atoms in total. The van der Waals surface area contributed by atoms with Gasteiger partial charge in [0.15, 0.2) is 11.5 Å². The highest BCUT2D eigenvalue weighted by Gasteiger charge is 2.25. The zero-order valence-corrected chi connectivity index (χ0v) is 18.3. The van der Waals surface area contributed by atoms with Crippen LogP contribution in [0.2, 0.25) is 0 Å². The maximum atomic E-state index is 13.8. The minimum atomic E-state index is -0.266. The van der Waals surface area contributed by atoms with Crippen molar-refractivity contribution in [1.29, 1.82) is 0 Å². The summed E-state index contributed by atoms with van der Waals surface area (Å²) in [6, 6.07) is 6.97. The second-order valence-corrected chi connectivity index (χ2v) is 7.96. The van der Waals surface area contributed by atoms with Crippen LogP contribution < -0.4 is 14.4 Å². The fraction of sp³-hybridized carbons (Fsp3) is 0.348. The number of aromatic nitrogens is 2. The number of fused-ring (bicyclic) bond motifs is 2. The fourth-order valence-corrected chi connectivity index (χ4v) is 3.76. The second kappa shape index (κ2) is 9.07. The molecule has 3 aromatic rings. The van der Waals surface area contributed by atoms with Crippen molar-refractivity contribution in [1.82, 2.24) is 15.1 Å². The Kier molecular flexibility index (Phi) is 6.22. The number of hydrogen-bond acceptors (Lipinski definition) is 8. The lowest BCUT2D eigenvalue weighted by atomic mass is 9.98. The van der Waals surface area contributed by atoms with Gasteiger partial charge in [0.2, 0.25) is 6.79 Å². The van der Waals surface area contributed by atoms with E-state index >= 15 is 0 Å². The molecular weight excluding hydrogens is 412 g/mol. The smallest absolute Gasteiger partial charge is 0.258 e. The number of ether oxygens (including phenoxy) is 2. The van der Waals surface area contributed by atoms with E-state index in [0.717, 1.165) is 10.9 Å². The molecule has 2 heterocycles. The van der Waals surface area contributed by atoms with Crippen LogP contribution >= 0.6 is 0 Å². The van der Waals surface area contributed by atoms with Gasteiger partial charge in [-0.1, -0.05) is 6.07 Å². The van der Waals surface area contributed by atoms with Crippen LogP contribution in [0, 0.1) is 6.92 Å². The Morgan fingerprint density at radius 3 is 2.41 bits per heavy atom. The van der Waals surface area contributed by atoms with Gasteiger partial charge in [-0.05, 0) is 49.8 Å². The normalized spacial score (nSPS) is 12.6. The van der Waals surface area contributed by atoms with Crippen LogP contribution in [0.5, 0.6) is 11.5 Å². The third kappa shape index (κ3) is 4.10. The molecule has 1 aliphatic heterocycles. The number of benzene rings is 2. The number of aliphatic hydroxyl groups is 2. The van der Waals surface area contributed by atoms with Gasteiger partial charge >= 0.3 is 0 Å². The molecule has 2 N–H and O–H groups in total. The molecule has 0 atom stereocenters. The van der Waals surface area contributed by atoms with E-state index in [2.05, 4.69) is 10.2 Å². The van der Waals surface area contributed by atoms with E-state index in [-0.39, 0.29) is 25.9 Å². The number of rotatable bonds is 7. The monoisotopic (exact) mass is 438 g/mol. The van der Waals surface area contributed by atoms with E-state index in [0.29, 0.717) is 52.5 Å². The van der Waals surface area contributed by atoms with Gasteiger partial charge in [0.05, 0.1) is 30.6 Å². The lowest BCUT2D eigenvalue weighted by Gasteiger charge is -2.26. The summed E-state index contributed by atoms with van der Waals surface area (Å²) in [7, 11) is 3.88. The molecule has 2 aromatic carbocycles. The van der Waals surface area contributed by atoms with Crippen LogP contribution in [0.25, 0.3) is 10.9 Å². The van der Waals surface area contributed by atoms with E-state index in [1.807, 2.05) is 32.0 Å². The highest BCUT2D eigenvalue weighted by Crippen LogP contribution is 2.38. The molecule has 32 heavy (non-hydrogen) atoms. The van der Waals surface area contributed by atoms with E-state index < -0.39 is 0 Å². The topological polar surface area (TPSA) is 108 Å². The Hall–Kier alpha value is -3.27.